The van der Waals surface area contributed by atoms with E-state index in [1.165, 1.54) is 0 Å². The second-order valence-corrected chi connectivity index (χ2v) is 0. The van der Waals surface area contributed by atoms with Crippen molar-refractivity contribution in [3.05, 3.63) is 0 Å². The Morgan fingerprint density at radius 2 is 1.00 bits per heavy atom. The van der Waals surface area contributed by atoms with Gasteiger partial charge in [-0.2, -0.15) is 0 Å². The molecular formula is CoCuNiPtRu. The summed E-state index contributed by atoms with van der Waals surface area (Å²) in [6.45, 7) is 0. The first-order valence-electron chi connectivity index (χ1n) is 0. The van der Waals surface area contributed by atoms with Crippen LogP contribution < -0.4 is 0 Å². The Morgan fingerprint density at radius 3 is 1.00 bits per heavy atom. The summed E-state index contributed by atoms with van der Waals surface area (Å²) >= 11 is 0. The first kappa shape index (κ1) is 45.6. The summed E-state index contributed by atoms with van der Waals surface area (Å²) in [6.07, 6.45) is 0. The third-order valence-corrected chi connectivity index (χ3v) is 0. The van der Waals surface area contributed by atoms with Crippen molar-refractivity contribution in [2.75, 3.05) is 0 Å². The Kier molecular flexibility index (Phi) is 264. The minimum Gasteiger partial charge on any atom is 0 e. The summed E-state index contributed by atoms with van der Waals surface area (Å²) in [5.41, 5.74) is 0. The maximum atomic E-state index is 0. The van der Waals surface area contributed by atoms with E-state index in [1.54, 1.807) is 0 Å². The third-order valence-electron chi connectivity index (χ3n) is 0. The first-order chi connectivity index (χ1) is 0. The van der Waals surface area contributed by atoms with Crippen molar-refractivity contribution in [3.63, 3.8) is 0 Å². The molecule has 0 N–H and O–H groups in total. The van der Waals surface area contributed by atoms with Gasteiger partial charge >= 0.3 is 0 Å². The molecule has 0 aliphatic heterocycles. The van der Waals surface area contributed by atoms with E-state index in [0.717, 1.165) is 0 Å². The molecule has 0 fully saturated rings. The second kappa shape index (κ2) is 29.0. The average molecular weight is 477 g/mol. The molecule has 0 aliphatic rings. The van der Waals surface area contributed by atoms with E-state index in [2.05, 4.69) is 0 Å². The van der Waals surface area contributed by atoms with Crippen molar-refractivity contribution >= 4 is 0 Å². The molecule has 0 saturated heterocycles. The van der Waals surface area contributed by atoms with E-state index < -0.39 is 0 Å². The van der Waals surface area contributed by atoms with Crippen molar-refractivity contribution in [1.29, 1.82) is 0 Å². The van der Waals surface area contributed by atoms with E-state index in [-0.39, 0.29) is 90.9 Å². The van der Waals surface area contributed by atoms with Crippen molar-refractivity contribution in [3.8, 4) is 0 Å². The zero-order valence-electron chi connectivity index (χ0n) is 1.62. The van der Waals surface area contributed by atoms with Crippen LogP contribution in [-0.4, -0.2) is 0 Å². The predicted octanol–water partition coefficient (Wildman–Crippen LogP) is -0.0125. The molecule has 0 spiro atoms. The fourth-order valence-electron chi connectivity index (χ4n) is 0. The minimum absolute atomic E-state index is 0. The maximum absolute atomic E-state index is 0. The van der Waals surface area contributed by atoms with Gasteiger partial charge in [-0.15, -0.1) is 0 Å². The van der Waals surface area contributed by atoms with Crippen LogP contribution in [0.4, 0.5) is 0 Å². The Bertz CT molecular complexity index is 11.6. The van der Waals surface area contributed by atoms with Crippen LogP contribution in [0.3, 0.4) is 0 Å². The van der Waals surface area contributed by atoms with Crippen LogP contribution in [0.25, 0.3) is 0 Å². The molecule has 0 bridgehead atoms. The summed E-state index contributed by atoms with van der Waals surface area (Å²) in [5, 5.41) is 0. The van der Waals surface area contributed by atoms with Gasteiger partial charge in [-0.05, 0) is 0 Å². The van der Waals surface area contributed by atoms with E-state index >= 15 is 0 Å². The molecule has 0 aromatic rings. The normalized spacial score (nSPS) is 0. The molecule has 0 rings (SSSR count). The van der Waals surface area contributed by atoms with Crippen LogP contribution in [0, 0.1) is 0 Å². The van der Waals surface area contributed by atoms with Crippen LogP contribution in [0.5, 0.6) is 0 Å². The number of rotatable bonds is 0. The predicted molar refractivity (Wildman–Crippen MR) is 0 cm³/mol. The van der Waals surface area contributed by atoms with Gasteiger partial charge in [0.05, 0.1) is 0 Å². The zero-order chi connectivity index (χ0) is 0. The van der Waals surface area contributed by atoms with Crippen LogP contribution in [0.15, 0.2) is 0 Å². The molecule has 0 unspecified atom stereocenters. The minimum atomic E-state index is 0. The average Bonchev–Trinajstić information content (AvgIpc) is 0. The van der Waals surface area contributed by atoms with E-state index in [0.29, 0.717) is 0 Å². The molecule has 2 radical (unpaired) electrons. The van der Waals surface area contributed by atoms with Gasteiger partial charge in [0.2, 0.25) is 0 Å². The maximum Gasteiger partial charge on any atom is 0 e. The molecule has 0 nitrogen and oxygen atoms in total. The van der Waals surface area contributed by atoms with Gasteiger partial charge < -0.3 is 0 Å². The Hall–Kier alpha value is 2.83. The van der Waals surface area contributed by atoms with E-state index in [4.69, 9.17) is 0 Å². The van der Waals surface area contributed by atoms with Crippen molar-refractivity contribution in [1.82, 2.24) is 0 Å². The fraction of sp³-hybridized carbons (Fsp3) is 0. The molecule has 48 valence electrons. The quantitative estimate of drug-likeness (QED) is 0.431. The van der Waals surface area contributed by atoms with Gasteiger partial charge in [0.1, 0.15) is 0 Å². The summed E-state index contributed by atoms with van der Waals surface area (Å²) in [4.78, 5) is 0. The molecule has 5 heteroatoms. The fourth-order valence-corrected chi connectivity index (χ4v) is 0. The molecule has 0 atom stereocenters. The summed E-state index contributed by atoms with van der Waals surface area (Å²) in [7, 11) is 0. The van der Waals surface area contributed by atoms with Crippen LogP contribution in [0.1, 0.15) is 0 Å². The molecule has 0 amide bonds. The van der Waals surface area contributed by atoms with Gasteiger partial charge in [0.25, 0.3) is 0 Å². The molecule has 0 aromatic carbocycles. The molecule has 0 heterocycles. The van der Waals surface area contributed by atoms with Crippen LogP contribution in [0.2, 0.25) is 0 Å². The van der Waals surface area contributed by atoms with Crippen molar-refractivity contribution < 1.29 is 90.9 Å². The summed E-state index contributed by atoms with van der Waals surface area (Å²) in [5.74, 6) is 0. The number of hydrogen-bond donors (Lipinski definition) is 0. The molecule has 5 heavy (non-hydrogen) atoms. The van der Waals surface area contributed by atoms with Gasteiger partial charge in [-0.1, -0.05) is 0 Å². The largest absolute Gasteiger partial charge is 0 e. The summed E-state index contributed by atoms with van der Waals surface area (Å²) < 4.78 is 0. The third kappa shape index (κ3) is 19.9. The van der Waals surface area contributed by atoms with E-state index in [1.807, 2.05) is 0 Å². The molecular weight excluding hydrogens is 477 g/mol. The SMILES string of the molecule is [Co].[Cu].[Ni].[Pt].[Ru]. The monoisotopic (exact) mass is 477 g/mol. The second-order valence-electron chi connectivity index (χ2n) is 0. The topological polar surface area (TPSA) is 0 Å². The number of hydrogen-bond acceptors (Lipinski definition) is 0. The van der Waals surface area contributed by atoms with Gasteiger partial charge in [0.15, 0.2) is 0 Å². The zero-order valence-corrected chi connectivity index (χ0v) is 8.60. The first-order valence-corrected chi connectivity index (χ1v) is 0. The van der Waals surface area contributed by atoms with E-state index in [9.17, 15) is 0 Å². The Morgan fingerprint density at radius 1 is 1.00 bits per heavy atom. The molecule has 0 aliphatic carbocycles. The molecule has 0 saturated carbocycles. The van der Waals surface area contributed by atoms with Crippen molar-refractivity contribution in [2.45, 2.75) is 0 Å². The van der Waals surface area contributed by atoms with Gasteiger partial charge in [-0.25, -0.2) is 0 Å². The Labute approximate surface area is 89.6 Å². The van der Waals surface area contributed by atoms with Crippen molar-refractivity contribution in [2.24, 2.45) is 0 Å². The van der Waals surface area contributed by atoms with Gasteiger partial charge in [0, 0.05) is 90.9 Å². The van der Waals surface area contributed by atoms with Gasteiger partial charge in [-0.3, -0.25) is 0 Å². The molecule has 0 aromatic heterocycles. The smallest absolute Gasteiger partial charge is 0 e. The van der Waals surface area contributed by atoms with Crippen LogP contribution in [-0.2, 0) is 90.9 Å². The Balaban J connectivity index is 0. The van der Waals surface area contributed by atoms with Crippen LogP contribution >= 0.6 is 0 Å². The summed E-state index contributed by atoms with van der Waals surface area (Å²) in [6, 6.07) is 0. The standard InChI is InChI=1S/Co.Cu.Ni.Pt.Ru.